The molecule has 2 fully saturated rings. The van der Waals surface area contributed by atoms with Gasteiger partial charge in [0.2, 0.25) is 5.91 Å². The molecule has 7 heteroatoms. The van der Waals surface area contributed by atoms with Crippen LogP contribution in [0, 0.1) is 13.8 Å². The smallest absolute Gasteiger partial charge is 0.270 e. The first-order valence-corrected chi connectivity index (χ1v) is 10.3. The van der Waals surface area contributed by atoms with Crippen LogP contribution in [-0.2, 0) is 4.79 Å². The number of aryl methyl sites for hydroxylation is 1. The maximum absolute atomic E-state index is 12.9. The molecule has 0 spiro atoms. The van der Waals surface area contributed by atoms with E-state index in [-0.39, 0.29) is 17.6 Å². The average molecular weight is 389 g/mol. The van der Waals surface area contributed by atoms with Crippen molar-refractivity contribution in [2.45, 2.75) is 53.0 Å². The van der Waals surface area contributed by atoms with E-state index in [4.69, 9.17) is 0 Å². The van der Waals surface area contributed by atoms with Crippen LogP contribution in [-0.4, -0.2) is 82.6 Å². The summed E-state index contributed by atoms with van der Waals surface area (Å²) in [4.78, 5) is 46.4. The molecule has 2 aliphatic rings. The number of likely N-dealkylation sites (tertiary alicyclic amines) is 1. The Hall–Kier alpha value is -2.15. The molecule has 7 nitrogen and oxygen atoms in total. The fraction of sp³-hybridized carbons (Fsp3) is 0.667. The summed E-state index contributed by atoms with van der Waals surface area (Å²) in [6, 6.07) is 0.332. The Kier molecular flexibility index (Phi) is 6.23. The average Bonchev–Trinajstić information content (AvgIpc) is 2.96. The maximum Gasteiger partial charge on any atom is 0.270 e. The summed E-state index contributed by atoms with van der Waals surface area (Å²) in [5.74, 6) is 0.109. The number of carbonyl (C=O) groups excluding carboxylic acids is 3. The molecule has 3 rings (SSSR count). The lowest BCUT2D eigenvalue weighted by atomic mass is 10.0. The van der Waals surface area contributed by atoms with Gasteiger partial charge in [-0.1, -0.05) is 0 Å². The number of piperazine rings is 1. The van der Waals surface area contributed by atoms with Crippen molar-refractivity contribution in [2.24, 2.45) is 0 Å². The van der Waals surface area contributed by atoms with Crippen LogP contribution in [0.2, 0.25) is 0 Å². The minimum Gasteiger partial charge on any atom is -0.354 e. The summed E-state index contributed by atoms with van der Waals surface area (Å²) in [5.41, 5.74) is 2.59. The molecule has 3 heterocycles. The van der Waals surface area contributed by atoms with Crippen molar-refractivity contribution in [3.05, 3.63) is 22.5 Å². The van der Waals surface area contributed by atoms with Crippen molar-refractivity contribution in [1.82, 2.24) is 19.7 Å². The molecule has 2 saturated heterocycles. The minimum absolute atomic E-state index is 0.0272. The van der Waals surface area contributed by atoms with Crippen LogP contribution in [0.5, 0.6) is 0 Å². The second-order valence-corrected chi connectivity index (χ2v) is 8.18. The fourth-order valence-electron chi connectivity index (χ4n) is 4.51. The lowest BCUT2D eigenvalue weighted by Gasteiger charge is -2.38. The van der Waals surface area contributed by atoms with Crippen LogP contribution < -0.4 is 0 Å². The number of nitrogens with zero attached hydrogens (tertiary/aromatic N) is 3. The van der Waals surface area contributed by atoms with Crippen molar-refractivity contribution in [3.8, 4) is 0 Å². The Balaban J connectivity index is 1.57. The zero-order valence-electron chi connectivity index (χ0n) is 17.5. The lowest BCUT2D eigenvalue weighted by Crippen LogP contribution is -2.53. The van der Waals surface area contributed by atoms with Crippen LogP contribution in [0.4, 0.5) is 0 Å². The molecule has 1 aromatic rings. The standard InChI is InChI=1S/C21H32N4O3/c1-14-7-5-6-8-25(14)18(27)13-23-9-11-24(12-10-23)21(28)20-15(2)19(17(4)26)16(3)22-20/h14,22H,5-13H2,1-4H3. The quantitative estimate of drug-likeness (QED) is 0.801. The summed E-state index contributed by atoms with van der Waals surface area (Å²) in [5, 5.41) is 0. The van der Waals surface area contributed by atoms with Gasteiger partial charge in [0.1, 0.15) is 5.69 Å². The number of ketones is 1. The molecule has 1 unspecified atom stereocenters. The van der Waals surface area contributed by atoms with E-state index in [1.54, 1.807) is 0 Å². The monoisotopic (exact) mass is 388 g/mol. The predicted molar refractivity (Wildman–Crippen MR) is 108 cm³/mol. The highest BCUT2D eigenvalue weighted by molar-refractivity contribution is 6.02. The van der Waals surface area contributed by atoms with Gasteiger partial charge in [-0.05, 0) is 52.5 Å². The highest BCUT2D eigenvalue weighted by Crippen LogP contribution is 2.21. The first-order valence-electron chi connectivity index (χ1n) is 10.3. The first-order chi connectivity index (χ1) is 13.3. The van der Waals surface area contributed by atoms with Gasteiger partial charge in [0.25, 0.3) is 5.91 Å². The van der Waals surface area contributed by atoms with Crippen molar-refractivity contribution in [1.29, 1.82) is 0 Å². The van der Waals surface area contributed by atoms with Crippen molar-refractivity contribution in [3.63, 3.8) is 0 Å². The van der Waals surface area contributed by atoms with Gasteiger partial charge in [-0.15, -0.1) is 0 Å². The van der Waals surface area contributed by atoms with Gasteiger partial charge < -0.3 is 14.8 Å². The highest BCUT2D eigenvalue weighted by Gasteiger charge is 2.29. The van der Waals surface area contributed by atoms with Crippen LogP contribution in [0.15, 0.2) is 0 Å². The number of H-pyrrole nitrogens is 1. The minimum atomic E-state index is -0.0660. The first kappa shape index (κ1) is 20.6. The summed E-state index contributed by atoms with van der Waals surface area (Å²) >= 11 is 0. The zero-order chi connectivity index (χ0) is 20.4. The zero-order valence-corrected chi connectivity index (χ0v) is 17.5. The van der Waals surface area contributed by atoms with Crippen molar-refractivity contribution >= 4 is 17.6 Å². The van der Waals surface area contributed by atoms with E-state index >= 15 is 0 Å². The van der Waals surface area contributed by atoms with Gasteiger partial charge in [-0.25, -0.2) is 0 Å². The van der Waals surface area contributed by atoms with E-state index in [9.17, 15) is 14.4 Å². The van der Waals surface area contributed by atoms with Gasteiger partial charge in [0.15, 0.2) is 5.78 Å². The van der Waals surface area contributed by atoms with Crippen LogP contribution in [0.25, 0.3) is 0 Å². The normalized spacial score (nSPS) is 21.1. The Labute approximate surface area is 167 Å². The third kappa shape index (κ3) is 4.14. The van der Waals surface area contributed by atoms with E-state index in [1.165, 1.54) is 13.3 Å². The highest BCUT2D eigenvalue weighted by atomic mass is 16.2. The topological polar surface area (TPSA) is 76.7 Å². The molecule has 0 aromatic carbocycles. The maximum atomic E-state index is 12.9. The number of piperidine rings is 1. The van der Waals surface area contributed by atoms with Gasteiger partial charge in [0, 0.05) is 50.0 Å². The van der Waals surface area contributed by atoms with Gasteiger partial charge >= 0.3 is 0 Å². The summed E-state index contributed by atoms with van der Waals surface area (Å²) in [7, 11) is 0. The number of nitrogens with one attached hydrogen (secondary N) is 1. The van der Waals surface area contributed by atoms with Crippen molar-refractivity contribution < 1.29 is 14.4 Å². The number of Topliss-reactive ketones (excluding diaryl/α,β-unsaturated/α-hetero) is 1. The molecule has 1 N–H and O–H groups in total. The van der Waals surface area contributed by atoms with E-state index in [2.05, 4.69) is 16.8 Å². The summed E-state index contributed by atoms with van der Waals surface area (Å²) in [6.45, 7) is 11.2. The molecule has 2 amide bonds. The Morgan fingerprint density at radius 2 is 1.71 bits per heavy atom. The molecule has 1 aromatic heterocycles. The van der Waals surface area contributed by atoms with Crippen LogP contribution in [0.1, 0.15) is 65.2 Å². The molecule has 0 bridgehead atoms. The van der Waals surface area contributed by atoms with E-state index in [0.29, 0.717) is 50.0 Å². The molecular formula is C21H32N4O3. The van der Waals surface area contributed by atoms with Crippen LogP contribution >= 0.6 is 0 Å². The fourth-order valence-corrected chi connectivity index (χ4v) is 4.51. The summed E-state index contributed by atoms with van der Waals surface area (Å²) in [6.07, 6.45) is 3.38. The third-order valence-corrected chi connectivity index (χ3v) is 6.15. The largest absolute Gasteiger partial charge is 0.354 e. The molecule has 0 aliphatic carbocycles. The Morgan fingerprint density at radius 3 is 2.29 bits per heavy atom. The predicted octanol–water partition coefficient (Wildman–Crippen LogP) is 1.99. The number of amides is 2. The van der Waals surface area contributed by atoms with E-state index in [0.717, 1.165) is 30.6 Å². The van der Waals surface area contributed by atoms with Gasteiger partial charge in [0.05, 0.1) is 6.54 Å². The molecule has 0 radical (unpaired) electrons. The SMILES string of the molecule is CC(=O)c1c(C)[nH]c(C(=O)N2CCN(CC(=O)N3CCCCC3C)CC2)c1C. The van der Waals surface area contributed by atoms with Gasteiger partial charge in [-0.2, -0.15) is 0 Å². The third-order valence-electron chi connectivity index (χ3n) is 6.15. The number of aromatic amines is 1. The van der Waals surface area contributed by atoms with E-state index < -0.39 is 0 Å². The number of rotatable bonds is 4. The lowest BCUT2D eigenvalue weighted by molar-refractivity contribution is -0.136. The molecule has 154 valence electrons. The second kappa shape index (κ2) is 8.47. The summed E-state index contributed by atoms with van der Waals surface area (Å²) < 4.78 is 0. The van der Waals surface area contributed by atoms with E-state index in [1.807, 2.05) is 23.6 Å². The molecule has 0 saturated carbocycles. The molecular weight excluding hydrogens is 356 g/mol. The number of hydrogen-bond acceptors (Lipinski definition) is 4. The molecule has 2 aliphatic heterocycles. The van der Waals surface area contributed by atoms with Crippen LogP contribution in [0.3, 0.4) is 0 Å². The number of aromatic nitrogens is 1. The molecule has 28 heavy (non-hydrogen) atoms. The number of hydrogen-bond donors (Lipinski definition) is 1. The second-order valence-electron chi connectivity index (χ2n) is 8.18. The number of carbonyl (C=O) groups is 3. The Bertz CT molecular complexity index is 762. The van der Waals surface area contributed by atoms with Crippen molar-refractivity contribution in [2.75, 3.05) is 39.3 Å². The van der Waals surface area contributed by atoms with Gasteiger partial charge in [-0.3, -0.25) is 19.3 Å². The molecule has 1 atom stereocenters. The Morgan fingerprint density at radius 1 is 1.04 bits per heavy atom.